The van der Waals surface area contributed by atoms with E-state index in [1.807, 2.05) is 0 Å². The smallest absolute Gasteiger partial charge is 0.251 e. The first-order chi connectivity index (χ1) is 10.6. The van der Waals surface area contributed by atoms with Crippen LogP contribution in [0.5, 0.6) is 0 Å². The van der Waals surface area contributed by atoms with E-state index < -0.39 is 17.8 Å². The van der Waals surface area contributed by atoms with Crippen molar-refractivity contribution >= 4 is 28.4 Å². The van der Waals surface area contributed by atoms with Gasteiger partial charge in [0.1, 0.15) is 11.9 Å². The molecule has 7 heteroatoms. The fraction of sp³-hybridized carbons (Fsp3) is 0.133. The third-order valence-corrected chi connectivity index (χ3v) is 3.47. The molecule has 0 spiro atoms. The molecule has 2 amide bonds. The number of rotatable bonds is 3. The first kappa shape index (κ1) is 14.0. The number of amides is 2. The van der Waals surface area contributed by atoms with Crippen molar-refractivity contribution in [3.63, 3.8) is 0 Å². The summed E-state index contributed by atoms with van der Waals surface area (Å²) in [4.78, 5) is 25.3. The average molecular weight is 300 g/mol. The molecule has 0 saturated carbocycles. The second-order valence-electron chi connectivity index (χ2n) is 4.85. The van der Waals surface area contributed by atoms with Crippen LogP contribution in [0.3, 0.4) is 0 Å². The Balaban J connectivity index is 1.83. The zero-order valence-electron chi connectivity index (χ0n) is 11.5. The highest BCUT2D eigenvalue weighted by Gasteiger charge is 2.29. The third kappa shape index (κ3) is 2.37. The van der Waals surface area contributed by atoms with Crippen LogP contribution in [0.2, 0.25) is 0 Å². The third-order valence-electron chi connectivity index (χ3n) is 3.47. The first-order valence-electron chi connectivity index (χ1n) is 6.63. The van der Waals surface area contributed by atoms with E-state index in [1.54, 1.807) is 12.2 Å². The van der Waals surface area contributed by atoms with E-state index in [0.29, 0.717) is 17.4 Å². The highest BCUT2D eigenvalue weighted by molar-refractivity contribution is 6.01. The standard InChI is InChI=1S/C15H13FN4O2/c1-2-14(21)20-5-3-4-13(20)15(22)18-12-6-9-8-17-19-11(9)7-10(12)16/h2-4,6-8,13H,1,5H2,(H,17,19)(H,18,22)/t13-/m0/s1. The van der Waals surface area contributed by atoms with Gasteiger partial charge >= 0.3 is 0 Å². The number of halogens is 1. The molecule has 1 atom stereocenters. The molecule has 0 radical (unpaired) electrons. The number of hydrogen-bond acceptors (Lipinski definition) is 3. The molecule has 1 aliphatic heterocycles. The van der Waals surface area contributed by atoms with Crippen LogP contribution in [0.1, 0.15) is 0 Å². The van der Waals surface area contributed by atoms with Crippen LogP contribution in [-0.2, 0) is 9.59 Å². The van der Waals surface area contributed by atoms with Gasteiger partial charge in [0.15, 0.2) is 0 Å². The number of H-pyrrole nitrogens is 1. The number of carbonyl (C=O) groups excluding carboxylic acids is 2. The number of nitrogens with one attached hydrogen (secondary N) is 2. The highest BCUT2D eigenvalue weighted by atomic mass is 19.1. The van der Waals surface area contributed by atoms with Gasteiger partial charge in [-0.05, 0) is 12.1 Å². The van der Waals surface area contributed by atoms with E-state index in [0.717, 1.165) is 6.08 Å². The average Bonchev–Trinajstić information content (AvgIpc) is 3.15. The van der Waals surface area contributed by atoms with Crippen molar-refractivity contribution < 1.29 is 14.0 Å². The molecule has 112 valence electrons. The quantitative estimate of drug-likeness (QED) is 0.667. The molecule has 1 aliphatic rings. The number of carbonyl (C=O) groups is 2. The molecule has 6 nitrogen and oxygen atoms in total. The Morgan fingerprint density at radius 2 is 2.32 bits per heavy atom. The number of anilines is 1. The summed E-state index contributed by atoms with van der Waals surface area (Å²) < 4.78 is 14.0. The molecule has 2 aromatic rings. The maximum Gasteiger partial charge on any atom is 0.251 e. The maximum absolute atomic E-state index is 14.0. The van der Waals surface area contributed by atoms with Crippen molar-refractivity contribution in [2.45, 2.75) is 6.04 Å². The molecular formula is C15H13FN4O2. The van der Waals surface area contributed by atoms with Gasteiger partial charge in [-0.3, -0.25) is 14.7 Å². The first-order valence-corrected chi connectivity index (χ1v) is 6.63. The Hall–Kier alpha value is -2.96. The van der Waals surface area contributed by atoms with E-state index in [-0.39, 0.29) is 11.6 Å². The van der Waals surface area contributed by atoms with Crippen molar-refractivity contribution in [2.24, 2.45) is 0 Å². The van der Waals surface area contributed by atoms with Crippen LogP contribution < -0.4 is 5.32 Å². The van der Waals surface area contributed by atoms with E-state index in [2.05, 4.69) is 22.1 Å². The highest BCUT2D eigenvalue weighted by Crippen LogP contribution is 2.22. The van der Waals surface area contributed by atoms with Crippen molar-refractivity contribution in [2.75, 3.05) is 11.9 Å². The molecule has 0 fully saturated rings. The largest absolute Gasteiger partial charge is 0.321 e. The molecular weight excluding hydrogens is 287 g/mol. The van der Waals surface area contributed by atoms with Gasteiger partial charge < -0.3 is 10.2 Å². The second kappa shape index (κ2) is 5.44. The van der Waals surface area contributed by atoms with E-state index in [1.165, 1.54) is 23.2 Å². The van der Waals surface area contributed by atoms with Gasteiger partial charge in [0.2, 0.25) is 5.91 Å². The lowest BCUT2D eigenvalue weighted by Gasteiger charge is -2.22. The van der Waals surface area contributed by atoms with Crippen molar-refractivity contribution in [1.29, 1.82) is 0 Å². The van der Waals surface area contributed by atoms with Crippen molar-refractivity contribution in [1.82, 2.24) is 15.1 Å². The van der Waals surface area contributed by atoms with Gasteiger partial charge in [-0.25, -0.2) is 4.39 Å². The van der Waals surface area contributed by atoms with E-state index in [4.69, 9.17) is 0 Å². The van der Waals surface area contributed by atoms with Gasteiger partial charge in [0, 0.05) is 18.0 Å². The summed E-state index contributed by atoms with van der Waals surface area (Å²) in [7, 11) is 0. The van der Waals surface area contributed by atoms with Crippen molar-refractivity contribution in [3.8, 4) is 0 Å². The van der Waals surface area contributed by atoms with E-state index in [9.17, 15) is 14.0 Å². The SMILES string of the molecule is C=CC(=O)N1CC=C[C@H]1C(=O)Nc1cc2cn[nH]c2cc1F. The zero-order chi connectivity index (χ0) is 15.7. The van der Waals surface area contributed by atoms with Crippen LogP contribution in [-0.4, -0.2) is 39.5 Å². The number of aromatic nitrogens is 2. The van der Waals surface area contributed by atoms with Gasteiger partial charge in [0.25, 0.3) is 5.91 Å². The fourth-order valence-corrected chi connectivity index (χ4v) is 2.36. The van der Waals surface area contributed by atoms with Gasteiger partial charge in [-0.1, -0.05) is 18.7 Å². The summed E-state index contributed by atoms with van der Waals surface area (Å²) >= 11 is 0. The number of fused-ring (bicyclic) bond motifs is 1. The Bertz CT molecular complexity index is 796. The summed E-state index contributed by atoms with van der Waals surface area (Å²) in [5.74, 6) is -1.41. The minimum atomic E-state index is -0.773. The fourth-order valence-electron chi connectivity index (χ4n) is 2.36. The minimum Gasteiger partial charge on any atom is -0.321 e. The molecule has 0 bridgehead atoms. The molecule has 22 heavy (non-hydrogen) atoms. The summed E-state index contributed by atoms with van der Waals surface area (Å²) in [5, 5.41) is 9.64. The lowest BCUT2D eigenvalue weighted by atomic mass is 10.2. The number of hydrogen-bond donors (Lipinski definition) is 2. The topological polar surface area (TPSA) is 78.1 Å². The second-order valence-corrected chi connectivity index (χ2v) is 4.85. The summed E-state index contributed by atoms with van der Waals surface area (Å²) in [6.07, 6.45) is 5.99. The van der Waals surface area contributed by atoms with Crippen LogP contribution in [0.25, 0.3) is 10.9 Å². The van der Waals surface area contributed by atoms with Crippen LogP contribution in [0.15, 0.2) is 43.1 Å². The Kier molecular flexibility index (Phi) is 3.46. The van der Waals surface area contributed by atoms with Crippen LogP contribution >= 0.6 is 0 Å². The van der Waals surface area contributed by atoms with Crippen LogP contribution in [0, 0.1) is 5.82 Å². The predicted molar refractivity (Wildman–Crippen MR) is 79.5 cm³/mol. The number of nitrogens with zero attached hydrogens (tertiary/aromatic N) is 2. The molecule has 0 unspecified atom stereocenters. The zero-order valence-corrected chi connectivity index (χ0v) is 11.5. The lowest BCUT2D eigenvalue weighted by molar-refractivity contribution is -0.131. The molecule has 3 rings (SSSR count). The van der Waals surface area contributed by atoms with Crippen LogP contribution in [0.4, 0.5) is 10.1 Å². The maximum atomic E-state index is 14.0. The molecule has 1 aromatic carbocycles. The number of benzene rings is 1. The molecule has 2 heterocycles. The molecule has 1 aromatic heterocycles. The Morgan fingerprint density at radius 3 is 3.09 bits per heavy atom. The van der Waals surface area contributed by atoms with Gasteiger partial charge in [-0.15, -0.1) is 0 Å². The van der Waals surface area contributed by atoms with Gasteiger partial charge in [0.05, 0.1) is 17.4 Å². The summed E-state index contributed by atoms with van der Waals surface area (Å²) in [6, 6.07) is 1.98. The Labute approximate surface area is 125 Å². The molecule has 2 N–H and O–H groups in total. The predicted octanol–water partition coefficient (Wildman–Crippen LogP) is 1.59. The summed E-state index contributed by atoms with van der Waals surface area (Å²) in [5.41, 5.74) is 0.588. The molecule has 0 aliphatic carbocycles. The van der Waals surface area contributed by atoms with E-state index >= 15 is 0 Å². The lowest BCUT2D eigenvalue weighted by Crippen LogP contribution is -2.42. The number of aromatic amines is 1. The normalized spacial score (nSPS) is 17.0. The molecule has 0 saturated heterocycles. The summed E-state index contributed by atoms with van der Waals surface area (Å²) in [6.45, 7) is 3.73. The minimum absolute atomic E-state index is 0.0465. The van der Waals surface area contributed by atoms with Gasteiger partial charge in [-0.2, -0.15) is 5.10 Å². The van der Waals surface area contributed by atoms with Crippen molar-refractivity contribution in [3.05, 3.63) is 49.0 Å². The Morgan fingerprint density at radius 1 is 1.50 bits per heavy atom. The monoisotopic (exact) mass is 300 g/mol.